The Kier molecular flexibility index (Phi) is 4.16. The summed E-state index contributed by atoms with van der Waals surface area (Å²) in [6.07, 6.45) is 0.816. The molecule has 1 heterocycles. The number of nitrogens with zero attached hydrogens (tertiary/aromatic N) is 2. The van der Waals surface area contributed by atoms with E-state index in [0.29, 0.717) is 0 Å². The summed E-state index contributed by atoms with van der Waals surface area (Å²) in [4.78, 5) is 0. The van der Waals surface area contributed by atoms with Crippen molar-refractivity contribution in [2.24, 2.45) is 12.9 Å². The molecule has 1 aromatic heterocycles. The number of halogens is 1. The molecule has 0 amide bonds. The van der Waals surface area contributed by atoms with Crippen LogP contribution in [-0.2, 0) is 13.5 Å². The summed E-state index contributed by atoms with van der Waals surface area (Å²) >= 11 is 3.56. The van der Waals surface area contributed by atoms with Crippen LogP contribution in [0.2, 0.25) is 0 Å². The van der Waals surface area contributed by atoms with Crippen LogP contribution in [0.25, 0.3) is 0 Å². The van der Waals surface area contributed by atoms with Gasteiger partial charge in [0.05, 0.1) is 17.4 Å². The number of aryl methyl sites for hydroxylation is 2. The molecular formula is C13H17BrN4. The molecular weight excluding hydrogens is 292 g/mol. The Labute approximate surface area is 115 Å². The van der Waals surface area contributed by atoms with E-state index >= 15 is 0 Å². The molecule has 2 rings (SSSR count). The van der Waals surface area contributed by atoms with Crippen LogP contribution >= 0.6 is 15.9 Å². The number of nitrogens with two attached hydrogens (primary N) is 1. The smallest absolute Gasteiger partial charge is 0.0669 e. The number of benzene rings is 1. The van der Waals surface area contributed by atoms with E-state index in [0.717, 1.165) is 22.3 Å². The molecule has 0 aliphatic carbocycles. The fourth-order valence-electron chi connectivity index (χ4n) is 2.09. The Balaban J connectivity index is 2.25. The monoisotopic (exact) mass is 308 g/mol. The fourth-order valence-corrected chi connectivity index (χ4v) is 2.54. The highest BCUT2D eigenvalue weighted by atomic mass is 79.9. The molecule has 1 atom stereocenters. The molecule has 2 aromatic rings. The Bertz CT molecular complexity index is 536. The summed E-state index contributed by atoms with van der Waals surface area (Å²) in [5, 5.41) is 4.35. The van der Waals surface area contributed by atoms with Crippen LogP contribution in [0.4, 0.5) is 0 Å². The van der Waals surface area contributed by atoms with Crippen molar-refractivity contribution in [3.05, 3.63) is 51.8 Å². The molecule has 1 unspecified atom stereocenters. The summed E-state index contributed by atoms with van der Waals surface area (Å²) in [7, 11) is 1.94. The summed E-state index contributed by atoms with van der Waals surface area (Å²) in [6, 6.07) is 10.3. The second-order valence-corrected chi connectivity index (χ2v) is 5.20. The van der Waals surface area contributed by atoms with Crippen LogP contribution in [0, 0.1) is 6.92 Å². The van der Waals surface area contributed by atoms with Gasteiger partial charge in [0.15, 0.2) is 0 Å². The lowest BCUT2D eigenvalue weighted by atomic mass is 10.0. The molecule has 3 N–H and O–H groups in total. The van der Waals surface area contributed by atoms with E-state index in [-0.39, 0.29) is 6.04 Å². The Morgan fingerprint density at radius 2 is 2.17 bits per heavy atom. The highest BCUT2D eigenvalue weighted by Gasteiger charge is 2.16. The van der Waals surface area contributed by atoms with E-state index in [1.165, 1.54) is 5.56 Å². The Hall–Kier alpha value is -1.17. The van der Waals surface area contributed by atoms with Crippen molar-refractivity contribution in [3.63, 3.8) is 0 Å². The van der Waals surface area contributed by atoms with Gasteiger partial charge in [-0.2, -0.15) is 5.10 Å². The van der Waals surface area contributed by atoms with Gasteiger partial charge in [-0.3, -0.25) is 16.0 Å². The quantitative estimate of drug-likeness (QED) is 0.673. The normalized spacial score (nSPS) is 12.7. The third-order valence-corrected chi connectivity index (χ3v) is 3.75. The summed E-state index contributed by atoms with van der Waals surface area (Å²) in [5.74, 6) is 5.67. The molecule has 5 heteroatoms. The molecule has 4 nitrogen and oxygen atoms in total. The highest BCUT2D eigenvalue weighted by Crippen LogP contribution is 2.23. The first kappa shape index (κ1) is 13.3. The lowest BCUT2D eigenvalue weighted by Gasteiger charge is -2.17. The molecule has 18 heavy (non-hydrogen) atoms. The van der Waals surface area contributed by atoms with Gasteiger partial charge in [0.1, 0.15) is 0 Å². The van der Waals surface area contributed by atoms with Crippen molar-refractivity contribution in [2.45, 2.75) is 19.4 Å². The summed E-state index contributed by atoms with van der Waals surface area (Å²) in [5.41, 5.74) is 6.18. The van der Waals surface area contributed by atoms with Gasteiger partial charge in [-0.15, -0.1) is 0 Å². The van der Waals surface area contributed by atoms with Crippen LogP contribution in [0.1, 0.15) is 23.0 Å². The zero-order chi connectivity index (χ0) is 13.1. The number of nitrogens with one attached hydrogen (secondary N) is 1. The highest BCUT2D eigenvalue weighted by molar-refractivity contribution is 9.10. The lowest BCUT2D eigenvalue weighted by molar-refractivity contribution is 0.507. The topological polar surface area (TPSA) is 55.9 Å². The average Bonchev–Trinajstić information content (AvgIpc) is 2.67. The minimum absolute atomic E-state index is 0.0508. The molecule has 0 saturated heterocycles. The van der Waals surface area contributed by atoms with Crippen LogP contribution in [-0.4, -0.2) is 9.78 Å². The van der Waals surface area contributed by atoms with Crippen LogP contribution in [0.5, 0.6) is 0 Å². The molecule has 0 spiro atoms. The second kappa shape index (κ2) is 5.65. The predicted molar refractivity (Wildman–Crippen MR) is 75.9 cm³/mol. The van der Waals surface area contributed by atoms with Gasteiger partial charge in [-0.25, -0.2) is 0 Å². The molecule has 0 bridgehead atoms. The van der Waals surface area contributed by atoms with Crippen molar-refractivity contribution in [3.8, 4) is 0 Å². The number of aromatic nitrogens is 2. The van der Waals surface area contributed by atoms with E-state index in [4.69, 9.17) is 5.84 Å². The van der Waals surface area contributed by atoms with E-state index in [1.807, 2.05) is 36.9 Å². The SMILES string of the molecule is Cc1cc(C(Cc2ccccc2Br)NN)n(C)n1. The van der Waals surface area contributed by atoms with Crippen LogP contribution in [0.15, 0.2) is 34.8 Å². The van der Waals surface area contributed by atoms with Gasteiger partial charge in [0, 0.05) is 11.5 Å². The minimum atomic E-state index is 0.0508. The maximum absolute atomic E-state index is 5.67. The van der Waals surface area contributed by atoms with Gasteiger partial charge in [0.2, 0.25) is 0 Å². The van der Waals surface area contributed by atoms with Crippen LogP contribution in [0.3, 0.4) is 0 Å². The van der Waals surface area contributed by atoms with Gasteiger partial charge < -0.3 is 0 Å². The number of rotatable bonds is 4. The molecule has 1 aromatic carbocycles. The Morgan fingerprint density at radius 3 is 2.72 bits per heavy atom. The van der Waals surface area contributed by atoms with E-state index < -0.39 is 0 Å². The van der Waals surface area contributed by atoms with Gasteiger partial charge in [-0.05, 0) is 31.0 Å². The maximum atomic E-state index is 5.67. The Morgan fingerprint density at radius 1 is 1.44 bits per heavy atom. The zero-order valence-corrected chi connectivity index (χ0v) is 12.1. The molecule has 96 valence electrons. The molecule has 0 radical (unpaired) electrons. The van der Waals surface area contributed by atoms with Gasteiger partial charge in [0.25, 0.3) is 0 Å². The first-order chi connectivity index (χ1) is 8.61. The standard InChI is InChI=1S/C13H17BrN4/c1-9-7-13(18(2)17-9)12(16-15)8-10-5-3-4-6-11(10)14/h3-7,12,16H,8,15H2,1-2H3. The fraction of sp³-hybridized carbons (Fsp3) is 0.308. The lowest BCUT2D eigenvalue weighted by Crippen LogP contribution is -2.31. The number of hydrogen-bond acceptors (Lipinski definition) is 3. The van der Waals surface area contributed by atoms with E-state index in [1.54, 1.807) is 0 Å². The zero-order valence-electron chi connectivity index (χ0n) is 10.5. The van der Waals surface area contributed by atoms with Crippen molar-refractivity contribution >= 4 is 15.9 Å². The molecule has 0 saturated carbocycles. The molecule has 0 aliphatic heterocycles. The van der Waals surface area contributed by atoms with E-state index in [9.17, 15) is 0 Å². The average molecular weight is 309 g/mol. The van der Waals surface area contributed by atoms with Gasteiger partial charge >= 0.3 is 0 Å². The second-order valence-electron chi connectivity index (χ2n) is 4.35. The van der Waals surface area contributed by atoms with Crippen LogP contribution < -0.4 is 11.3 Å². The van der Waals surface area contributed by atoms with Gasteiger partial charge in [-0.1, -0.05) is 34.1 Å². The van der Waals surface area contributed by atoms with Crippen molar-refractivity contribution in [1.82, 2.24) is 15.2 Å². The molecule has 0 aliphatic rings. The van der Waals surface area contributed by atoms with E-state index in [2.05, 4.69) is 38.6 Å². The predicted octanol–water partition coefficient (Wildman–Crippen LogP) is 2.24. The third-order valence-electron chi connectivity index (χ3n) is 2.98. The first-order valence-corrected chi connectivity index (χ1v) is 6.61. The van der Waals surface area contributed by atoms with Crippen molar-refractivity contribution < 1.29 is 0 Å². The van der Waals surface area contributed by atoms with Crippen molar-refractivity contribution in [2.75, 3.05) is 0 Å². The number of hydrogen-bond donors (Lipinski definition) is 2. The minimum Gasteiger partial charge on any atom is -0.271 e. The largest absolute Gasteiger partial charge is 0.271 e. The maximum Gasteiger partial charge on any atom is 0.0669 e. The molecule has 0 fully saturated rings. The summed E-state index contributed by atoms with van der Waals surface area (Å²) < 4.78 is 2.97. The van der Waals surface area contributed by atoms with Crippen molar-refractivity contribution in [1.29, 1.82) is 0 Å². The third kappa shape index (κ3) is 2.80. The summed E-state index contributed by atoms with van der Waals surface area (Å²) in [6.45, 7) is 1.98. The first-order valence-electron chi connectivity index (χ1n) is 5.82. The number of hydrazine groups is 1.